The molecule has 2 aromatic rings. The molecule has 7 heteroatoms. The number of benzene rings is 1. The van der Waals surface area contributed by atoms with Crippen molar-refractivity contribution in [3.05, 3.63) is 53.1 Å². The lowest BCUT2D eigenvalue weighted by molar-refractivity contribution is 0.0713. The van der Waals surface area contributed by atoms with Crippen LogP contribution >= 0.6 is 0 Å². The van der Waals surface area contributed by atoms with Gasteiger partial charge in [0.2, 0.25) is 0 Å². The number of rotatable bonds is 3. The highest BCUT2D eigenvalue weighted by molar-refractivity contribution is 5.95. The van der Waals surface area contributed by atoms with Crippen molar-refractivity contribution in [3.63, 3.8) is 0 Å². The third kappa shape index (κ3) is 3.70. The molecule has 1 aromatic carbocycles. The number of amides is 2. The fourth-order valence-corrected chi connectivity index (χ4v) is 2.94. The molecule has 0 radical (unpaired) electrons. The van der Waals surface area contributed by atoms with Crippen molar-refractivity contribution in [3.8, 4) is 0 Å². The lowest BCUT2D eigenvalue weighted by atomic mass is 10.2. The number of carbonyl (C=O) groups is 2. The predicted molar refractivity (Wildman–Crippen MR) is 90.8 cm³/mol. The molecular formula is C18H21FN4O2. The molecule has 1 fully saturated rings. The van der Waals surface area contributed by atoms with Gasteiger partial charge in [0.1, 0.15) is 11.5 Å². The van der Waals surface area contributed by atoms with E-state index in [1.54, 1.807) is 28.0 Å². The second-order valence-corrected chi connectivity index (χ2v) is 6.05. The average molecular weight is 344 g/mol. The van der Waals surface area contributed by atoms with Gasteiger partial charge < -0.3 is 9.80 Å². The van der Waals surface area contributed by atoms with Crippen LogP contribution < -0.4 is 0 Å². The number of aryl methyl sites for hydroxylation is 1. The molecule has 1 aromatic heterocycles. The molecule has 0 bridgehead atoms. The van der Waals surface area contributed by atoms with Crippen LogP contribution in [0.1, 0.15) is 39.9 Å². The molecule has 6 nitrogen and oxygen atoms in total. The van der Waals surface area contributed by atoms with Crippen LogP contribution in [0.15, 0.2) is 30.3 Å². The van der Waals surface area contributed by atoms with Gasteiger partial charge >= 0.3 is 0 Å². The summed E-state index contributed by atoms with van der Waals surface area (Å²) in [4.78, 5) is 28.4. The molecule has 1 N–H and O–H groups in total. The first-order chi connectivity index (χ1) is 12.1. The van der Waals surface area contributed by atoms with Crippen molar-refractivity contribution in [2.24, 2.45) is 0 Å². The van der Waals surface area contributed by atoms with Gasteiger partial charge in [0.05, 0.1) is 5.56 Å². The molecule has 1 saturated heterocycles. The summed E-state index contributed by atoms with van der Waals surface area (Å²) in [6.45, 7) is 3.82. The van der Waals surface area contributed by atoms with Gasteiger partial charge in [-0.05, 0) is 31.0 Å². The fraction of sp³-hybridized carbons (Fsp3) is 0.389. The summed E-state index contributed by atoms with van der Waals surface area (Å²) in [6.07, 6.45) is 1.43. The molecule has 0 spiro atoms. The SMILES string of the molecule is CCc1cc(C(=O)N2CCCN(C(=O)c3ccccc3F)CC2)n[nH]1. The standard InChI is InChI=1S/C18H21FN4O2/c1-2-13-12-16(21-20-13)18(25)23-9-5-8-22(10-11-23)17(24)14-6-3-4-7-15(14)19/h3-4,6-7,12H,2,5,8-11H2,1H3,(H,20,21). The van der Waals surface area contributed by atoms with Crippen molar-refractivity contribution in [2.75, 3.05) is 26.2 Å². The Balaban J connectivity index is 1.67. The number of hydrogen-bond donors (Lipinski definition) is 1. The first-order valence-corrected chi connectivity index (χ1v) is 8.47. The van der Waals surface area contributed by atoms with E-state index in [1.807, 2.05) is 6.92 Å². The predicted octanol–water partition coefficient (Wildman–Crippen LogP) is 2.10. The molecule has 1 aliphatic rings. The molecule has 0 unspecified atom stereocenters. The molecule has 132 valence electrons. The maximum absolute atomic E-state index is 13.8. The molecule has 25 heavy (non-hydrogen) atoms. The number of hydrogen-bond acceptors (Lipinski definition) is 3. The minimum absolute atomic E-state index is 0.0714. The number of nitrogens with zero attached hydrogens (tertiary/aromatic N) is 3. The maximum Gasteiger partial charge on any atom is 0.274 e. The molecule has 0 aliphatic carbocycles. The average Bonchev–Trinajstić information content (AvgIpc) is 2.98. The Hall–Kier alpha value is -2.70. The van der Waals surface area contributed by atoms with E-state index in [0.717, 1.165) is 12.1 Å². The van der Waals surface area contributed by atoms with E-state index in [0.29, 0.717) is 38.3 Å². The quantitative estimate of drug-likeness (QED) is 0.927. The van der Waals surface area contributed by atoms with Crippen LogP contribution in [0.2, 0.25) is 0 Å². The van der Waals surface area contributed by atoms with Crippen LogP contribution in [-0.4, -0.2) is 58.0 Å². The van der Waals surface area contributed by atoms with Crippen LogP contribution in [0, 0.1) is 5.82 Å². The fourth-order valence-electron chi connectivity index (χ4n) is 2.94. The van der Waals surface area contributed by atoms with E-state index in [9.17, 15) is 14.0 Å². The van der Waals surface area contributed by atoms with Crippen molar-refractivity contribution >= 4 is 11.8 Å². The normalized spacial score (nSPS) is 15.1. The molecular weight excluding hydrogens is 323 g/mol. The Morgan fingerprint density at radius 2 is 1.80 bits per heavy atom. The van der Waals surface area contributed by atoms with Crippen LogP contribution in [-0.2, 0) is 6.42 Å². The Bertz CT molecular complexity index is 774. The molecule has 0 saturated carbocycles. The Morgan fingerprint density at radius 1 is 1.12 bits per heavy atom. The van der Waals surface area contributed by atoms with Gasteiger partial charge in [0, 0.05) is 31.9 Å². The van der Waals surface area contributed by atoms with Crippen LogP contribution in [0.25, 0.3) is 0 Å². The van der Waals surface area contributed by atoms with Crippen molar-refractivity contribution in [1.82, 2.24) is 20.0 Å². The minimum Gasteiger partial charge on any atom is -0.337 e. The first-order valence-electron chi connectivity index (χ1n) is 8.47. The summed E-state index contributed by atoms with van der Waals surface area (Å²) in [6, 6.07) is 7.73. The third-order valence-corrected chi connectivity index (χ3v) is 4.41. The lowest BCUT2D eigenvalue weighted by Crippen LogP contribution is -2.37. The summed E-state index contributed by atoms with van der Waals surface area (Å²) in [5.74, 6) is -0.995. The summed E-state index contributed by atoms with van der Waals surface area (Å²) < 4.78 is 13.8. The zero-order chi connectivity index (χ0) is 17.8. The zero-order valence-corrected chi connectivity index (χ0v) is 14.2. The first kappa shape index (κ1) is 17.1. The van der Waals surface area contributed by atoms with E-state index < -0.39 is 5.82 Å². The molecule has 2 heterocycles. The lowest BCUT2D eigenvalue weighted by Gasteiger charge is -2.22. The van der Waals surface area contributed by atoms with Gasteiger partial charge in [-0.25, -0.2) is 4.39 Å². The van der Waals surface area contributed by atoms with Crippen LogP contribution in [0.5, 0.6) is 0 Å². The number of nitrogens with one attached hydrogen (secondary N) is 1. The van der Waals surface area contributed by atoms with Gasteiger partial charge in [-0.15, -0.1) is 0 Å². The Morgan fingerprint density at radius 3 is 2.44 bits per heavy atom. The number of aromatic nitrogens is 2. The Kier molecular flexibility index (Phi) is 5.11. The summed E-state index contributed by atoms with van der Waals surface area (Å²) in [5.41, 5.74) is 1.38. The largest absolute Gasteiger partial charge is 0.337 e. The highest BCUT2D eigenvalue weighted by Crippen LogP contribution is 2.14. The van der Waals surface area contributed by atoms with E-state index >= 15 is 0 Å². The van der Waals surface area contributed by atoms with Gasteiger partial charge in [-0.1, -0.05) is 19.1 Å². The van der Waals surface area contributed by atoms with Crippen molar-refractivity contribution in [1.29, 1.82) is 0 Å². The van der Waals surface area contributed by atoms with Crippen LogP contribution in [0.4, 0.5) is 4.39 Å². The van der Waals surface area contributed by atoms with Crippen molar-refractivity contribution in [2.45, 2.75) is 19.8 Å². The molecule has 3 rings (SSSR count). The smallest absolute Gasteiger partial charge is 0.274 e. The highest BCUT2D eigenvalue weighted by atomic mass is 19.1. The van der Waals surface area contributed by atoms with Gasteiger partial charge in [-0.3, -0.25) is 14.7 Å². The van der Waals surface area contributed by atoms with Gasteiger partial charge in [0.25, 0.3) is 11.8 Å². The monoisotopic (exact) mass is 344 g/mol. The summed E-state index contributed by atoms with van der Waals surface area (Å²) in [5, 5.41) is 6.90. The number of aromatic amines is 1. The van der Waals surface area contributed by atoms with E-state index in [4.69, 9.17) is 0 Å². The number of carbonyl (C=O) groups excluding carboxylic acids is 2. The molecule has 2 amide bonds. The Labute approximate surface area is 145 Å². The van der Waals surface area contributed by atoms with E-state index in [1.165, 1.54) is 12.1 Å². The third-order valence-electron chi connectivity index (χ3n) is 4.41. The van der Waals surface area contributed by atoms with Gasteiger partial charge in [-0.2, -0.15) is 5.10 Å². The highest BCUT2D eigenvalue weighted by Gasteiger charge is 2.25. The molecule has 0 atom stereocenters. The number of H-pyrrole nitrogens is 1. The van der Waals surface area contributed by atoms with Crippen molar-refractivity contribution < 1.29 is 14.0 Å². The zero-order valence-electron chi connectivity index (χ0n) is 14.2. The second-order valence-electron chi connectivity index (χ2n) is 6.05. The summed E-state index contributed by atoms with van der Waals surface area (Å²) in [7, 11) is 0. The van der Waals surface area contributed by atoms with E-state index in [2.05, 4.69) is 10.2 Å². The summed E-state index contributed by atoms with van der Waals surface area (Å²) >= 11 is 0. The molecule has 1 aliphatic heterocycles. The maximum atomic E-state index is 13.8. The van der Waals surface area contributed by atoms with E-state index in [-0.39, 0.29) is 17.4 Å². The topological polar surface area (TPSA) is 69.3 Å². The van der Waals surface area contributed by atoms with Gasteiger partial charge in [0.15, 0.2) is 0 Å². The van der Waals surface area contributed by atoms with Crippen LogP contribution in [0.3, 0.4) is 0 Å². The second kappa shape index (κ2) is 7.46. The minimum atomic E-state index is -0.520. The number of halogens is 1.